The number of rotatable bonds is 4. The summed E-state index contributed by atoms with van der Waals surface area (Å²) in [7, 11) is 0. The zero-order valence-electron chi connectivity index (χ0n) is 7.98. The molecule has 2 nitrogen and oxygen atoms in total. The molecule has 0 saturated heterocycles. The van der Waals surface area contributed by atoms with E-state index in [-0.39, 0.29) is 0 Å². The Morgan fingerprint density at radius 3 is 2.43 bits per heavy atom. The summed E-state index contributed by atoms with van der Waals surface area (Å²) >= 11 is 1.62. The van der Waals surface area contributed by atoms with E-state index in [1.807, 2.05) is 18.4 Å². The molecule has 78 valence electrons. The Hall–Kier alpha value is -0.580. The van der Waals surface area contributed by atoms with Gasteiger partial charge in [-0.05, 0) is 24.0 Å². The van der Waals surface area contributed by atoms with E-state index >= 15 is 0 Å². The standard InChI is InChI=1S/C10H14FNOS/c1-14-8-4-2-7(3-5-8)10(13)9(12)6-11/h2-5,9-10,13H,6,12H2,1H3/t9-,10-/m1/s1. The van der Waals surface area contributed by atoms with Gasteiger partial charge in [-0.1, -0.05) is 12.1 Å². The summed E-state index contributed by atoms with van der Waals surface area (Å²) in [6.07, 6.45) is 1.05. The van der Waals surface area contributed by atoms with E-state index in [9.17, 15) is 9.50 Å². The van der Waals surface area contributed by atoms with Crippen molar-refractivity contribution in [2.24, 2.45) is 5.73 Å². The number of hydrogen-bond acceptors (Lipinski definition) is 3. The molecule has 0 unspecified atom stereocenters. The first kappa shape index (κ1) is 11.5. The van der Waals surface area contributed by atoms with E-state index in [0.717, 1.165) is 4.90 Å². The molecule has 4 heteroatoms. The first-order valence-electron chi connectivity index (χ1n) is 4.32. The van der Waals surface area contributed by atoms with E-state index in [4.69, 9.17) is 5.73 Å². The van der Waals surface area contributed by atoms with Gasteiger partial charge in [0.2, 0.25) is 0 Å². The molecule has 1 aromatic rings. The number of aliphatic hydroxyl groups excluding tert-OH is 1. The van der Waals surface area contributed by atoms with E-state index in [1.165, 1.54) is 0 Å². The molecular formula is C10H14FNOS. The molecule has 0 radical (unpaired) electrons. The first-order chi connectivity index (χ1) is 6.69. The highest BCUT2D eigenvalue weighted by Gasteiger charge is 2.16. The number of aliphatic hydroxyl groups is 1. The van der Waals surface area contributed by atoms with Gasteiger partial charge in [-0.15, -0.1) is 11.8 Å². The van der Waals surface area contributed by atoms with Gasteiger partial charge in [0.15, 0.2) is 0 Å². The molecule has 0 aliphatic heterocycles. The minimum atomic E-state index is -0.920. The Morgan fingerprint density at radius 1 is 1.43 bits per heavy atom. The van der Waals surface area contributed by atoms with Crippen LogP contribution in [0.2, 0.25) is 0 Å². The van der Waals surface area contributed by atoms with Crippen molar-refractivity contribution in [3.05, 3.63) is 29.8 Å². The zero-order chi connectivity index (χ0) is 10.6. The molecule has 1 rings (SSSR count). The predicted molar refractivity (Wildman–Crippen MR) is 57.1 cm³/mol. The van der Waals surface area contributed by atoms with E-state index < -0.39 is 18.8 Å². The summed E-state index contributed by atoms with van der Waals surface area (Å²) in [4.78, 5) is 1.11. The molecule has 0 saturated carbocycles. The zero-order valence-corrected chi connectivity index (χ0v) is 8.80. The monoisotopic (exact) mass is 215 g/mol. The predicted octanol–water partition coefficient (Wildman–Crippen LogP) is 1.74. The molecule has 0 heterocycles. The molecule has 0 aromatic heterocycles. The van der Waals surface area contributed by atoms with Crippen molar-refractivity contribution in [3.63, 3.8) is 0 Å². The minimum Gasteiger partial charge on any atom is -0.387 e. The van der Waals surface area contributed by atoms with Crippen LogP contribution >= 0.6 is 11.8 Å². The summed E-state index contributed by atoms with van der Waals surface area (Å²) in [6.45, 7) is -0.717. The van der Waals surface area contributed by atoms with Crippen LogP contribution in [0.3, 0.4) is 0 Å². The quantitative estimate of drug-likeness (QED) is 0.752. The SMILES string of the molecule is CSc1ccc([C@@H](O)[C@H](N)CF)cc1. The smallest absolute Gasteiger partial charge is 0.107 e. The van der Waals surface area contributed by atoms with Crippen LogP contribution < -0.4 is 5.73 Å². The molecular weight excluding hydrogens is 201 g/mol. The van der Waals surface area contributed by atoms with Crippen LogP contribution in [0.5, 0.6) is 0 Å². The summed E-state index contributed by atoms with van der Waals surface area (Å²) in [6, 6.07) is 6.47. The van der Waals surface area contributed by atoms with Gasteiger partial charge in [0.1, 0.15) is 6.67 Å². The second kappa shape index (κ2) is 5.34. The Bertz CT molecular complexity index is 278. The van der Waals surface area contributed by atoms with Gasteiger partial charge in [0.25, 0.3) is 0 Å². The lowest BCUT2D eigenvalue weighted by Crippen LogP contribution is -2.30. The van der Waals surface area contributed by atoms with Gasteiger partial charge in [-0.2, -0.15) is 0 Å². The highest BCUT2D eigenvalue weighted by atomic mass is 32.2. The number of hydrogen-bond donors (Lipinski definition) is 2. The Morgan fingerprint density at radius 2 is 2.00 bits per heavy atom. The topological polar surface area (TPSA) is 46.2 Å². The second-order valence-corrected chi connectivity index (χ2v) is 3.92. The lowest BCUT2D eigenvalue weighted by molar-refractivity contribution is 0.132. The van der Waals surface area contributed by atoms with Crippen molar-refractivity contribution in [2.75, 3.05) is 12.9 Å². The van der Waals surface area contributed by atoms with Crippen molar-refractivity contribution in [1.82, 2.24) is 0 Å². The van der Waals surface area contributed by atoms with Crippen LogP contribution in [0.4, 0.5) is 4.39 Å². The molecule has 0 fully saturated rings. The Labute approximate surface area is 87.3 Å². The maximum absolute atomic E-state index is 12.2. The van der Waals surface area contributed by atoms with Crippen molar-refractivity contribution in [2.45, 2.75) is 17.0 Å². The third kappa shape index (κ3) is 2.70. The van der Waals surface area contributed by atoms with Crippen LogP contribution in [0.15, 0.2) is 29.2 Å². The fourth-order valence-electron chi connectivity index (χ4n) is 1.13. The third-order valence-corrected chi connectivity index (χ3v) is 2.78. The summed E-state index contributed by atoms with van der Waals surface area (Å²) in [5.41, 5.74) is 6.05. The number of thioether (sulfide) groups is 1. The van der Waals surface area contributed by atoms with Crippen LogP contribution in [-0.4, -0.2) is 24.1 Å². The lowest BCUT2D eigenvalue weighted by Gasteiger charge is -2.16. The lowest BCUT2D eigenvalue weighted by atomic mass is 10.0. The normalized spacial score (nSPS) is 15.1. The molecule has 14 heavy (non-hydrogen) atoms. The number of halogens is 1. The van der Waals surface area contributed by atoms with Crippen molar-refractivity contribution < 1.29 is 9.50 Å². The molecule has 3 N–H and O–H groups in total. The fourth-order valence-corrected chi connectivity index (χ4v) is 1.54. The van der Waals surface area contributed by atoms with E-state index in [2.05, 4.69) is 0 Å². The Balaban J connectivity index is 2.75. The van der Waals surface area contributed by atoms with Crippen LogP contribution in [0, 0.1) is 0 Å². The summed E-state index contributed by atoms with van der Waals surface area (Å²) in [5.74, 6) is 0. The van der Waals surface area contributed by atoms with Gasteiger partial charge in [-0.3, -0.25) is 0 Å². The maximum atomic E-state index is 12.2. The van der Waals surface area contributed by atoms with Gasteiger partial charge in [0, 0.05) is 4.90 Å². The molecule has 2 atom stereocenters. The van der Waals surface area contributed by atoms with E-state index in [1.54, 1.807) is 23.9 Å². The van der Waals surface area contributed by atoms with E-state index in [0.29, 0.717) is 5.56 Å². The molecule has 0 aliphatic carbocycles. The molecule has 1 aromatic carbocycles. The maximum Gasteiger partial charge on any atom is 0.107 e. The van der Waals surface area contributed by atoms with Crippen molar-refractivity contribution >= 4 is 11.8 Å². The highest BCUT2D eigenvalue weighted by molar-refractivity contribution is 7.98. The average molecular weight is 215 g/mol. The second-order valence-electron chi connectivity index (χ2n) is 3.04. The number of nitrogens with two attached hydrogens (primary N) is 1. The van der Waals surface area contributed by atoms with Crippen LogP contribution in [0.25, 0.3) is 0 Å². The minimum absolute atomic E-state index is 0.660. The molecule has 0 aliphatic rings. The third-order valence-electron chi connectivity index (χ3n) is 2.04. The highest BCUT2D eigenvalue weighted by Crippen LogP contribution is 2.20. The summed E-state index contributed by atoms with van der Waals surface area (Å²) in [5, 5.41) is 9.58. The van der Waals surface area contributed by atoms with Crippen LogP contribution in [0.1, 0.15) is 11.7 Å². The molecule has 0 bridgehead atoms. The van der Waals surface area contributed by atoms with Crippen molar-refractivity contribution in [3.8, 4) is 0 Å². The van der Waals surface area contributed by atoms with Gasteiger partial charge in [-0.25, -0.2) is 4.39 Å². The van der Waals surface area contributed by atoms with Gasteiger partial charge < -0.3 is 10.8 Å². The number of benzene rings is 1. The number of alkyl halides is 1. The first-order valence-corrected chi connectivity index (χ1v) is 5.55. The Kier molecular flexibility index (Phi) is 4.38. The van der Waals surface area contributed by atoms with Gasteiger partial charge >= 0.3 is 0 Å². The fraction of sp³-hybridized carbons (Fsp3) is 0.400. The molecule has 0 amide bonds. The summed E-state index contributed by atoms with van der Waals surface area (Å²) < 4.78 is 12.2. The average Bonchev–Trinajstić information content (AvgIpc) is 2.27. The van der Waals surface area contributed by atoms with Gasteiger partial charge in [0.05, 0.1) is 12.1 Å². The van der Waals surface area contributed by atoms with Crippen LogP contribution in [-0.2, 0) is 0 Å². The molecule has 0 spiro atoms. The van der Waals surface area contributed by atoms with Crippen molar-refractivity contribution in [1.29, 1.82) is 0 Å². The largest absolute Gasteiger partial charge is 0.387 e.